The summed E-state index contributed by atoms with van der Waals surface area (Å²) in [6.07, 6.45) is 1.03. The standard InChI is InChI=1S/C20H26N4O4/c1-12-7-21-9-15(28-12)10-22-8-13-2-3-16-14(6-13)11-24(20(16)27)17-4-5-18(25)23-19(17)26/h2-3,6,12,15,17,21-22H,4-5,7-11H2,1H3,(H,23,25,26). The van der Waals surface area contributed by atoms with Crippen LogP contribution in [0.4, 0.5) is 0 Å². The summed E-state index contributed by atoms with van der Waals surface area (Å²) < 4.78 is 5.87. The summed E-state index contributed by atoms with van der Waals surface area (Å²) in [5.74, 6) is -0.792. The van der Waals surface area contributed by atoms with E-state index in [0.29, 0.717) is 25.1 Å². The molecule has 1 aromatic carbocycles. The molecule has 0 spiro atoms. The number of imide groups is 1. The Morgan fingerprint density at radius 2 is 2.11 bits per heavy atom. The summed E-state index contributed by atoms with van der Waals surface area (Å²) >= 11 is 0. The van der Waals surface area contributed by atoms with Gasteiger partial charge in [0.15, 0.2) is 0 Å². The predicted octanol–water partition coefficient (Wildman–Crippen LogP) is -0.0859. The fourth-order valence-corrected chi connectivity index (χ4v) is 4.11. The quantitative estimate of drug-likeness (QED) is 0.612. The molecule has 3 heterocycles. The van der Waals surface area contributed by atoms with Gasteiger partial charge in [-0.15, -0.1) is 0 Å². The Balaban J connectivity index is 1.35. The van der Waals surface area contributed by atoms with Crippen LogP contribution in [0.3, 0.4) is 0 Å². The summed E-state index contributed by atoms with van der Waals surface area (Å²) in [5.41, 5.74) is 2.66. The van der Waals surface area contributed by atoms with E-state index in [1.54, 1.807) is 4.90 Å². The molecule has 2 saturated heterocycles. The van der Waals surface area contributed by atoms with Gasteiger partial charge in [-0.1, -0.05) is 12.1 Å². The summed E-state index contributed by atoms with van der Waals surface area (Å²) in [7, 11) is 0. The van der Waals surface area contributed by atoms with Crippen molar-refractivity contribution in [1.29, 1.82) is 0 Å². The zero-order chi connectivity index (χ0) is 19.7. The van der Waals surface area contributed by atoms with Gasteiger partial charge in [0.05, 0.1) is 12.2 Å². The summed E-state index contributed by atoms with van der Waals surface area (Å²) in [6, 6.07) is 5.23. The Morgan fingerprint density at radius 1 is 1.25 bits per heavy atom. The van der Waals surface area contributed by atoms with Crippen molar-refractivity contribution in [3.63, 3.8) is 0 Å². The molecule has 8 heteroatoms. The van der Waals surface area contributed by atoms with Crippen LogP contribution < -0.4 is 16.0 Å². The Hall–Kier alpha value is -2.29. The van der Waals surface area contributed by atoms with Gasteiger partial charge in [0.1, 0.15) is 6.04 Å². The zero-order valence-electron chi connectivity index (χ0n) is 16.0. The number of hydrogen-bond donors (Lipinski definition) is 3. The maximum atomic E-state index is 12.7. The number of ether oxygens (including phenoxy) is 1. The van der Waals surface area contributed by atoms with Gasteiger partial charge in [-0.3, -0.25) is 19.7 Å². The Labute approximate surface area is 164 Å². The number of carbonyl (C=O) groups is 3. The van der Waals surface area contributed by atoms with Crippen molar-refractivity contribution in [2.24, 2.45) is 0 Å². The first-order valence-electron chi connectivity index (χ1n) is 9.84. The minimum atomic E-state index is -0.572. The first-order chi connectivity index (χ1) is 13.5. The molecule has 4 rings (SSSR count). The van der Waals surface area contributed by atoms with Crippen molar-refractivity contribution in [1.82, 2.24) is 20.9 Å². The highest BCUT2D eigenvalue weighted by atomic mass is 16.5. The molecular formula is C20H26N4O4. The smallest absolute Gasteiger partial charge is 0.255 e. The van der Waals surface area contributed by atoms with Crippen molar-refractivity contribution in [3.05, 3.63) is 34.9 Å². The van der Waals surface area contributed by atoms with Gasteiger partial charge < -0.3 is 20.3 Å². The summed E-state index contributed by atoms with van der Waals surface area (Å²) in [4.78, 5) is 37.8. The number of morpholine rings is 1. The van der Waals surface area contributed by atoms with E-state index >= 15 is 0 Å². The van der Waals surface area contributed by atoms with E-state index in [2.05, 4.69) is 22.9 Å². The lowest BCUT2D eigenvalue weighted by Gasteiger charge is -2.29. The van der Waals surface area contributed by atoms with Crippen LogP contribution in [0.2, 0.25) is 0 Å². The maximum absolute atomic E-state index is 12.7. The summed E-state index contributed by atoms with van der Waals surface area (Å²) in [6.45, 7) is 5.65. The molecule has 0 radical (unpaired) electrons. The van der Waals surface area contributed by atoms with E-state index in [1.165, 1.54) is 0 Å². The molecule has 3 amide bonds. The molecule has 3 unspecified atom stereocenters. The second kappa shape index (κ2) is 7.98. The molecule has 3 aliphatic heterocycles. The number of amides is 3. The monoisotopic (exact) mass is 386 g/mol. The second-order valence-electron chi connectivity index (χ2n) is 7.75. The number of nitrogens with one attached hydrogen (secondary N) is 3. The number of fused-ring (bicyclic) bond motifs is 1. The normalized spacial score (nSPS) is 27.7. The molecule has 1 aromatic rings. The largest absolute Gasteiger partial charge is 0.371 e. The molecule has 28 heavy (non-hydrogen) atoms. The lowest BCUT2D eigenvalue weighted by molar-refractivity contribution is -0.136. The molecule has 8 nitrogen and oxygen atoms in total. The third-order valence-corrected chi connectivity index (χ3v) is 5.52. The molecule has 3 aliphatic rings. The first kappa shape index (κ1) is 19.0. The number of piperidine rings is 1. The lowest BCUT2D eigenvalue weighted by Crippen LogP contribution is -2.52. The van der Waals surface area contributed by atoms with Gasteiger partial charge in [-0.05, 0) is 30.5 Å². The molecule has 0 aliphatic carbocycles. The highest BCUT2D eigenvalue weighted by Crippen LogP contribution is 2.28. The van der Waals surface area contributed by atoms with Gasteiger partial charge in [0.25, 0.3) is 5.91 Å². The number of benzene rings is 1. The van der Waals surface area contributed by atoms with Gasteiger partial charge in [0.2, 0.25) is 11.8 Å². The van der Waals surface area contributed by atoms with Crippen molar-refractivity contribution in [3.8, 4) is 0 Å². The van der Waals surface area contributed by atoms with E-state index in [4.69, 9.17) is 4.74 Å². The average molecular weight is 386 g/mol. The highest BCUT2D eigenvalue weighted by molar-refractivity contribution is 6.05. The van der Waals surface area contributed by atoms with Crippen LogP contribution in [0.25, 0.3) is 0 Å². The Morgan fingerprint density at radius 3 is 2.89 bits per heavy atom. The molecule has 0 aromatic heterocycles. The molecule has 150 valence electrons. The Bertz CT molecular complexity index is 796. The van der Waals surface area contributed by atoms with Crippen molar-refractivity contribution in [2.75, 3.05) is 19.6 Å². The van der Waals surface area contributed by atoms with Crippen LogP contribution in [0.15, 0.2) is 18.2 Å². The molecule has 2 fully saturated rings. The number of hydrogen-bond acceptors (Lipinski definition) is 6. The third kappa shape index (κ3) is 3.94. The van der Waals surface area contributed by atoms with Gasteiger partial charge in [0, 0.05) is 44.7 Å². The van der Waals surface area contributed by atoms with E-state index in [9.17, 15) is 14.4 Å². The highest BCUT2D eigenvalue weighted by Gasteiger charge is 2.39. The van der Waals surface area contributed by atoms with Gasteiger partial charge >= 0.3 is 0 Å². The zero-order valence-corrected chi connectivity index (χ0v) is 16.0. The van der Waals surface area contributed by atoms with Crippen molar-refractivity contribution in [2.45, 2.75) is 51.1 Å². The van der Waals surface area contributed by atoms with E-state index in [0.717, 1.165) is 30.8 Å². The Kier molecular flexibility index (Phi) is 5.43. The molecule has 3 N–H and O–H groups in total. The maximum Gasteiger partial charge on any atom is 0.255 e. The van der Waals surface area contributed by atoms with Gasteiger partial charge in [-0.2, -0.15) is 0 Å². The number of nitrogens with zero attached hydrogens (tertiary/aromatic N) is 1. The van der Waals surface area contributed by atoms with Crippen LogP contribution in [0, 0.1) is 0 Å². The molecule has 0 bridgehead atoms. The van der Waals surface area contributed by atoms with Crippen molar-refractivity contribution < 1.29 is 19.1 Å². The van der Waals surface area contributed by atoms with Crippen LogP contribution in [0.1, 0.15) is 41.3 Å². The fraction of sp³-hybridized carbons (Fsp3) is 0.550. The molecular weight excluding hydrogens is 360 g/mol. The second-order valence-corrected chi connectivity index (χ2v) is 7.75. The van der Waals surface area contributed by atoms with Crippen LogP contribution in [-0.2, 0) is 27.4 Å². The molecule has 0 saturated carbocycles. The third-order valence-electron chi connectivity index (χ3n) is 5.52. The number of carbonyl (C=O) groups excluding carboxylic acids is 3. The van der Waals surface area contributed by atoms with Crippen LogP contribution >= 0.6 is 0 Å². The lowest BCUT2D eigenvalue weighted by atomic mass is 10.0. The average Bonchev–Trinajstić information content (AvgIpc) is 2.98. The molecule has 3 atom stereocenters. The van der Waals surface area contributed by atoms with E-state index in [1.807, 2.05) is 18.2 Å². The van der Waals surface area contributed by atoms with Crippen LogP contribution in [0.5, 0.6) is 0 Å². The first-order valence-corrected chi connectivity index (χ1v) is 9.84. The van der Waals surface area contributed by atoms with E-state index in [-0.39, 0.29) is 36.4 Å². The predicted molar refractivity (Wildman–Crippen MR) is 101 cm³/mol. The van der Waals surface area contributed by atoms with Crippen molar-refractivity contribution >= 4 is 17.7 Å². The minimum Gasteiger partial charge on any atom is -0.371 e. The van der Waals surface area contributed by atoms with Crippen LogP contribution in [-0.4, -0.2) is 60.5 Å². The van der Waals surface area contributed by atoms with E-state index < -0.39 is 6.04 Å². The fourth-order valence-electron chi connectivity index (χ4n) is 4.11. The topological polar surface area (TPSA) is 99.8 Å². The minimum absolute atomic E-state index is 0.139. The summed E-state index contributed by atoms with van der Waals surface area (Å²) in [5, 5.41) is 9.10. The SMILES string of the molecule is CC1CNCC(CNCc2ccc3c(c2)CN(C2CCC(=O)NC2=O)C3=O)O1. The van der Waals surface area contributed by atoms with Gasteiger partial charge in [-0.25, -0.2) is 0 Å². The number of rotatable bonds is 5.